The highest BCUT2D eigenvalue weighted by Gasteiger charge is 2.36. The van der Waals surface area contributed by atoms with Gasteiger partial charge in [0.25, 0.3) is 5.89 Å². The van der Waals surface area contributed by atoms with Crippen LogP contribution in [0.3, 0.4) is 0 Å². The molecule has 5 rings (SSSR count). The number of anilines is 1. The molecule has 1 unspecified atom stereocenters. The molecule has 0 bridgehead atoms. The fourth-order valence-corrected chi connectivity index (χ4v) is 4.40. The minimum Gasteiger partial charge on any atom is -0.334 e. The highest BCUT2D eigenvalue weighted by atomic mass is 35.5. The van der Waals surface area contributed by atoms with E-state index < -0.39 is 11.9 Å². The molecule has 4 aromatic rings. The number of benzene rings is 3. The largest absolute Gasteiger partial charge is 0.334 e. The van der Waals surface area contributed by atoms with Crippen LogP contribution in [0.25, 0.3) is 17.0 Å². The predicted octanol–water partition coefficient (Wildman–Crippen LogP) is 6.79. The molecule has 1 aliphatic rings. The smallest absolute Gasteiger partial charge is 0.326 e. The number of hydrogen-bond acceptors (Lipinski definition) is 4. The summed E-state index contributed by atoms with van der Waals surface area (Å²) >= 11 is 6.20. The molecule has 0 saturated carbocycles. The summed E-state index contributed by atoms with van der Waals surface area (Å²) < 4.78 is 19.4. The summed E-state index contributed by atoms with van der Waals surface area (Å²) in [5, 5.41) is 7.67. The topological polar surface area (TPSA) is 71.3 Å². The third-order valence-corrected chi connectivity index (χ3v) is 6.25. The summed E-state index contributed by atoms with van der Waals surface area (Å²) in [6, 6.07) is 20.2. The van der Waals surface area contributed by atoms with Gasteiger partial charge in [0.05, 0.1) is 17.3 Å². The fraction of sp³-hybridized carbons (Fsp3) is 0.148. The summed E-state index contributed by atoms with van der Waals surface area (Å²) in [6.45, 7) is 3.91. The number of hydrogen-bond donors (Lipinski definition) is 1. The molecular weight excluding hydrogens is 467 g/mol. The molecular formula is C27H22ClFN4O2. The van der Waals surface area contributed by atoms with Gasteiger partial charge in [-0.05, 0) is 54.8 Å². The Bertz CT molecular complexity index is 1430. The lowest BCUT2D eigenvalue weighted by Gasteiger charge is -2.35. The first-order chi connectivity index (χ1) is 16.9. The molecule has 176 valence electrons. The van der Waals surface area contributed by atoms with Crippen molar-refractivity contribution in [3.05, 3.63) is 106 Å². The van der Waals surface area contributed by atoms with Gasteiger partial charge in [-0.2, -0.15) is 4.98 Å². The molecule has 1 aromatic heterocycles. The van der Waals surface area contributed by atoms with Gasteiger partial charge in [0, 0.05) is 16.3 Å². The van der Waals surface area contributed by atoms with E-state index in [1.54, 1.807) is 36.4 Å². The summed E-state index contributed by atoms with van der Waals surface area (Å²) in [4.78, 5) is 19.4. The molecule has 8 heteroatoms. The van der Waals surface area contributed by atoms with Crippen molar-refractivity contribution in [3.63, 3.8) is 0 Å². The van der Waals surface area contributed by atoms with Crippen LogP contribution >= 0.6 is 11.6 Å². The Morgan fingerprint density at radius 3 is 2.57 bits per heavy atom. The monoisotopic (exact) mass is 488 g/mol. The van der Waals surface area contributed by atoms with Crippen LogP contribution in [0.15, 0.2) is 83.0 Å². The first-order valence-electron chi connectivity index (χ1n) is 11.2. The van der Waals surface area contributed by atoms with Gasteiger partial charge in [-0.1, -0.05) is 66.1 Å². The Morgan fingerprint density at radius 1 is 1.09 bits per heavy atom. The number of nitrogens with one attached hydrogen (secondary N) is 1. The van der Waals surface area contributed by atoms with Crippen molar-refractivity contribution in [2.75, 3.05) is 4.90 Å². The maximum Gasteiger partial charge on any atom is 0.326 e. The summed E-state index contributed by atoms with van der Waals surface area (Å²) in [7, 11) is 0. The van der Waals surface area contributed by atoms with E-state index in [4.69, 9.17) is 16.1 Å². The lowest BCUT2D eigenvalue weighted by Crippen LogP contribution is -2.46. The fourth-order valence-electron chi connectivity index (χ4n) is 4.22. The lowest BCUT2D eigenvalue weighted by molar-refractivity contribution is 0.244. The molecule has 6 nitrogen and oxygen atoms in total. The summed E-state index contributed by atoms with van der Waals surface area (Å²) in [5.41, 5.74) is 4.42. The minimum atomic E-state index is -0.523. The van der Waals surface area contributed by atoms with Crippen molar-refractivity contribution in [3.8, 4) is 11.4 Å². The van der Waals surface area contributed by atoms with Crippen LogP contribution in [0.1, 0.15) is 36.9 Å². The van der Waals surface area contributed by atoms with Crippen molar-refractivity contribution in [1.29, 1.82) is 0 Å². The van der Waals surface area contributed by atoms with E-state index in [0.29, 0.717) is 27.5 Å². The standard InChI is InChI=1S/C27H22ClFN4O2/c1-3-17-10-12-18(13-11-17)24-23(26-31-25(32-35-26)19-6-4-8-21(29)14-19)16(2)33(27(34)30-24)22-9-5-7-20(28)15-22/h4-15,24H,3H2,1-2H3,(H,30,34). The second kappa shape index (κ2) is 9.35. The molecule has 0 saturated heterocycles. The quantitative estimate of drug-likeness (QED) is 0.335. The molecule has 3 aromatic carbocycles. The van der Waals surface area contributed by atoms with E-state index in [9.17, 15) is 9.18 Å². The van der Waals surface area contributed by atoms with Crippen molar-refractivity contribution in [2.24, 2.45) is 0 Å². The zero-order valence-electron chi connectivity index (χ0n) is 19.1. The van der Waals surface area contributed by atoms with Gasteiger partial charge in [-0.15, -0.1) is 0 Å². The maximum absolute atomic E-state index is 13.8. The molecule has 2 heterocycles. The van der Waals surface area contributed by atoms with Crippen LogP contribution in [-0.4, -0.2) is 16.2 Å². The highest BCUT2D eigenvalue weighted by Crippen LogP contribution is 2.39. The number of allylic oxidation sites excluding steroid dienone is 1. The zero-order valence-corrected chi connectivity index (χ0v) is 19.9. The Balaban J connectivity index is 1.65. The Kier molecular flexibility index (Phi) is 6.09. The average Bonchev–Trinajstić information content (AvgIpc) is 3.34. The van der Waals surface area contributed by atoms with Gasteiger partial charge >= 0.3 is 6.03 Å². The first-order valence-corrected chi connectivity index (χ1v) is 11.6. The lowest BCUT2D eigenvalue weighted by atomic mass is 9.93. The molecule has 0 spiro atoms. The van der Waals surface area contributed by atoms with E-state index >= 15 is 0 Å². The van der Waals surface area contributed by atoms with E-state index in [2.05, 4.69) is 22.4 Å². The first kappa shape index (κ1) is 22.8. The number of amides is 2. The third kappa shape index (κ3) is 4.42. The van der Waals surface area contributed by atoms with Crippen LogP contribution in [0.2, 0.25) is 5.02 Å². The Morgan fingerprint density at radius 2 is 1.86 bits per heavy atom. The minimum absolute atomic E-state index is 0.235. The number of carbonyl (C=O) groups is 1. The molecule has 0 aliphatic carbocycles. The van der Waals surface area contributed by atoms with Crippen molar-refractivity contribution in [2.45, 2.75) is 26.3 Å². The second-order valence-corrected chi connectivity index (χ2v) is 8.66. The molecule has 1 aliphatic heterocycles. The Hall–Kier alpha value is -3.97. The second-order valence-electron chi connectivity index (χ2n) is 8.23. The van der Waals surface area contributed by atoms with Crippen LogP contribution in [0, 0.1) is 5.82 Å². The molecule has 35 heavy (non-hydrogen) atoms. The zero-order chi connectivity index (χ0) is 24.5. The van der Waals surface area contributed by atoms with Gasteiger partial charge in [-0.3, -0.25) is 4.90 Å². The van der Waals surface area contributed by atoms with Gasteiger partial charge in [0.1, 0.15) is 5.82 Å². The molecule has 0 radical (unpaired) electrons. The van der Waals surface area contributed by atoms with Crippen LogP contribution in [0.5, 0.6) is 0 Å². The number of urea groups is 1. The number of rotatable bonds is 5. The normalized spacial score (nSPS) is 15.9. The van der Waals surface area contributed by atoms with Crippen molar-refractivity contribution >= 4 is 28.9 Å². The van der Waals surface area contributed by atoms with Crippen LogP contribution in [-0.2, 0) is 6.42 Å². The maximum atomic E-state index is 13.8. The van der Waals surface area contributed by atoms with Crippen molar-refractivity contribution in [1.82, 2.24) is 15.5 Å². The molecule has 1 N–H and O–H groups in total. The predicted molar refractivity (Wildman–Crippen MR) is 133 cm³/mol. The third-order valence-electron chi connectivity index (χ3n) is 6.01. The Labute approximate surface area is 207 Å². The van der Waals surface area contributed by atoms with Gasteiger partial charge in [0.15, 0.2) is 0 Å². The highest BCUT2D eigenvalue weighted by molar-refractivity contribution is 6.31. The van der Waals surface area contributed by atoms with Gasteiger partial charge in [-0.25, -0.2) is 9.18 Å². The number of aryl methyl sites for hydroxylation is 1. The number of aromatic nitrogens is 2. The molecule has 2 amide bonds. The van der Waals surface area contributed by atoms with Crippen LogP contribution < -0.4 is 10.2 Å². The van der Waals surface area contributed by atoms with E-state index in [1.165, 1.54) is 22.6 Å². The molecule has 1 atom stereocenters. The SMILES string of the molecule is CCc1ccc(C2NC(=O)N(c3cccc(Cl)c3)C(C)=C2c2nc(-c3cccc(F)c3)no2)cc1. The van der Waals surface area contributed by atoms with Crippen LogP contribution in [0.4, 0.5) is 14.9 Å². The number of nitrogens with zero attached hydrogens (tertiary/aromatic N) is 3. The average molecular weight is 489 g/mol. The van der Waals surface area contributed by atoms with Crippen molar-refractivity contribution < 1.29 is 13.7 Å². The molecule has 0 fully saturated rings. The number of carbonyl (C=O) groups excluding carboxylic acids is 1. The van der Waals surface area contributed by atoms with Gasteiger partial charge in [0.2, 0.25) is 5.82 Å². The summed E-state index contributed by atoms with van der Waals surface area (Å²) in [6.07, 6.45) is 0.905. The van der Waals surface area contributed by atoms with E-state index in [0.717, 1.165) is 12.0 Å². The van der Waals surface area contributed by atoms with E-state index in [1.807, 2.05) is 31.2 Å². The number of halogens is 2. The summed E-state index contributed by atoms with van der Waals surface area (Å²) in [5.74, 6) is 0.0969. The van der Waals surface area contributed by atoms with E-state index in [-0.39, 0.29) is 17.7 Å². The van der Waals surface area contributed by atoms with Gasteiger partial charge < -0.3 is 9.84 Å².